The Morgan fingerprint density at radius 3 is 2.39 bits per heavy atom. The number of nitriles is 1. The van der Waals surface area contributed by atoms with Gasteiger partial charge in [0.25, 0.3) is 0 Å². The van der Waals surface area contributed by atoms with E-state index in [-0.39, 0.29) is 18.4 Å². The zero-order valence-electron chi connectivity index (χ0n) is 11.3. The second-order valence-corrected chi connectivity index (χ2v) is 5.13. The molecule has 0 saturated carbocycles. The van der Waals surface area contributed by atoms with Gasteiger partial charge in [-0.3, -0.25) is 4.79 Å². The van der Waals surface area contributed by atoms with Gasteiger partial charge in [-0.25, -0.2) is 4.79 Å². The number of rotatable bonds is 5. The van der Waals surface area contributed by atoms with Crippen LogP contribution in [0.1, 0.15) is 33.6 Å². The summed E-state index contributed by atoms with van der Waals surface area (Å²) < 4.78 is 4.39. The van der Waals surface area contributed by atoms with E-state index in [1.807, 2.05) is 20.8 Å². The zero-order valence-corrected chi connectivity index (χ0v) is 11.3. The fraction of sp³-hybridized carbons (Fsp3) is 0.750. The molecule has 6 heteroatoms. The Labute approximate surface area is 107 Å². The number of aliphatic hydroxyl groups is 1. The van der Waals surface area contributed by atoms with Crippen LogP contribution in [0.15, 0.2) is 0 Å². The van der Waals surface area contributed by atoms with Gasteiger partial charge in [-0.05, 0) is 11.8 Å². The molecule has 1 N–H and O–H groups in total. The van der Waals surface area contributed by atoms with Gasteiger partial charge in [0.2, 0.25) is 12.1 Å². The van der Waals surface area contributed by atoms with Crippen LogP contribution in [0.25, 0.3) is 0 Å². The van der Waals surface area contributed by atoms with Crippen molar-refractivity contribution in [3.63, 3.8) is 0 Å². The zero-order chi connectivity index (χ0) is 14.3. The molecular weight excluding hydrogens is 236 g/mol. The molecule has 102 valence electrons. The average molecular weight is 256 g/mol. The average Bonchev–Trinajstić information content (AvgIpc) is 2.26. The fourth-order valence-corrected chi connectivity index (χ4v) is 1.24. The lowest BCUT2D eigenvalue weighted by atomic mass is 9.92. The molecule has 0 rings (SSSR count). The molecule has 6 nitrogen and oxygen atoms in total. The lowest BCUT2D eigenvalue weighted by Crippen LogP contribution is -2.46. The molecule has 0 aliphatic rings. The molecule has 0 fully saturated rings. The summed E-state index contributed by atoms with van der Waals surface area (Å²) in [4.78, 5) is 23.9. The van der Waals surface area contributed by atoms with Crippen molar-refractivity contribution in [1.29, 1.82) is 5.26 Å². The topological polar surface area (TPSA) is 90.6 Å². The third-order valence-electron chi connectivity index (χ3n) is 2.36. The van der Waals surface area contributed by atoms with Crippen molar-refractivity contribution in [2.45, 2.75) is 39.8 Å². The molecule has 0 radical (unpaired) electrons. The summed E-state index contributed by atoms with van der Waals surface area (Å²) in [6.07, 6.45) is -1.44. The molecule has 1 amide bonds. The number of nitrogens with zero attached hydrogens (tertiary/aromatic N) is 2. The van der Waals surface area contributed by atoms with Crippen molar-refractivity contribution in [1.82, 2.24) is 4.90 Å². The van der Waals surface area contributed by atoms with E-state index >= 15 is 0 Å². The van der Waals surface area contributed by atoms with E-state index in [1.165, 1.54) is 0 Å². The van der Waals surface area contributed by atoms with Gasteiger partial charge in [0.1, 0.15) is 6.42 Å². The highest BCUT2D eigenvalue weighted by Crippen LogP contribution is 2.19. The summed E-state index contributed by atoms with van der Waals surface area (Å²) in [7, 11) is 1.13. The number of ether oxygens (including phenoxy) is 1. The third-order valence-corrected chi connectivity index (χ3v) is 2.36. The van der Waals surface area contributed by atoms with Crippen molar-refractivity contribution >= 4 is 11.9 Å². The van der Waals surface area contributed by atoms with Gasteiger partial charge in [0, 0.05) is 6.54 Å². The van der Waals surface area contributed by atoms with Crippen LogP contribution in [-0.4, -0.2) is 41.8 Å². The minimum absolute atomic E-state index is 0.0546. The molecule has 0 spiro atoms. The van der Waals surface area contributed by atoms with Crippen LogP contribution in [-0.2, 0) is 14.3 Å². The summed E-state index contributed by atoms with van der Waals surface area (Å²) in [6.45, 7) is 6.12. The van der Waals surface area contributed by atoms with Gasteiger partial charge in [-0.1, -0.05) is 20.8 Å². The highest BCUT2D eigenvalue weighted by molar-refractivity contribution is 5.84. The number of carbonyl (C=O) groups is 2. The number of carbonyl (C=O) groups excluding carboxylic acids is 2. The van der Waals surface area contributed by atoms with Gasteiger partial charge in [0.15, 0.2) is 0 Å². The Balaban J connectivity index is 4.78. The van der Waals surface area contributed by atoms with Crippen LogP contribution < -0.4 is 0 Å². The van der Waals surface area contributed by atoms with Crippen LogP contribution >= 0.6 is 0 Å². The number of methoxy groups -OCH3 is 1. The molecule has 0 bridgehead atoms. The minimum atomic E-state index is -1.65. The molecule has 0 aromatic carbocycles. The Bertz CT molecular complexity index is 341. The Morgan fingerprint density at radius 2 is 2.00 bits per heavy atom. The smallest absolute Gasteiger partial charge is 0.356 e. The Hall–Kier alpha value is -1.61. The van der Waals surface area contributed by atoms with E-state index in [4.69, 9.17) is 5.26 Å². The van der Waals surface area contributed by atoms with Crippen LogP contribution in [0.5, 0.6) is 0 Å². The molecule has 0 aliphatic carbocycles. The summed E-state index contributed by atoms with van der Waals surface area (Å²) >= 11 is 0. The third kappa shape index (κ3) is 5.64. The lowest BCUT2D eigenvalue weighted by Gasteiger charge is -2.28. The van der Waals surface area contributed by atoms with E-state index in [0.717, 1.165) is 12.0 Å². The van der Waals surface area contributed by atoms with Crippen molar-refractivity contribution in [3.8, 4) is 6.07 Å². The lowest BCUT2D eigenvalue weighted by molar-refractivity contribution is -0.168. The predicted molar refractivity (Wildman–Crippen MR) is 64.0 cm³/mol. The Kier molecular flexibility index (Phi) is 6.34. The predicted octanol–water partition coefficient (Wildman–Crippen LogP) is 0.656. The largest absolute Gasteiger partial charge is 0.466 e. The van der Waals surface area contributed by atoms with Crippen molar-refractivity contribution in [2.75, 3.05) is 13.7 Å². The van der Waals surface area contributed by atoms with E-state index in [1.54, 1.807) is 6.07 Å². The van der Waals surface area contributed by atoms with Crippen LogP contribution in [0.4, 0.5) is 0 Å². The van der Waals surface area contributed by atoms with Gasteiger partial charge < -0.3 is 14.7 Å². The van der Waals surface area contributed by atoms with Crippen molar-refractivity contribution in [3.05, 3.63) is 0 Å². The number of aliphatic hydroxyl groups excluding tert-OH is 1. The second kappa shape index (κ2) is 6.97. The summed E-state index contributed by atoms with van der Waals surface area (Å²) in [6, 6.07) is 1.70. The van der Waals surface area contributed by atoms with Crippen LogP contribution in [0.3, 0.4) is 0 Å². The van der Waals surface area contributed by atoms with Gasteiger partial charge in [0.05, 0.1) is 13.2 Å². The number of esters is 1. The van der Waals surface area contributed by atoms with Crippen molar-refractivity contribution in [2.24, 2.45) is 5.41 Å². The van der Waals surface area contributed by atoms with E-state index < -0.39 is 18.1 Å². The maximum absolute atomic E-state index is 11.7. The summed E-state index contributed by atoms with van der Waals surface area (Å²) in [5, 5.41) is 18.2. The standard InChI is InChI=1S/C12H20N2O4/c1-12(2,3)6-8-14(9(15)5-7-13)10(16)11(17)18-4/h10,16H,5-6,8H2,1-4H3/t10-/m0/s1. The molecule has 0 aromatic rings. The quantitative estimate of drug-likeness (QED) is 0.576. The number of amides is 1. The van der Waals surface area contributed by atoms with Crippen LogP contribution in [0.2, 0.25) is 0 Å². The number of hydrogen-bond acceptors (Lipinski definition) is 5. The Morgan fingerprint density at radius 1 is 1.44 bits per heavy atom. The first-order valence-corrected chi connectivity index (χ1v) is 5.65. The molecule has 0 saturated heterocycles. The maximum Gasteiger partial charge on any atom is 0.356 e. The maximum atomic E-state index is 11.7. The highest BCUT2D eigenvalue weighted by Gasteiger charge is 2.29. The molecule has 1 atom stereocenters. The first-order valence-electron chi connectivity index (χ1n) is 5.65. The van der Waals surface area contributed by atoms with E-state index in [2.05, 4.69) is 4.74 Å². The molecular formula is C12H20N2O4. The first-order chi connectivity index (χ1) is 8.22. The minimum Gasteiger partial charge on any atom is -0.466 e. The molecule has 18 heavy (non-hydrogen) atoms. The monoisotopic (exact) mass is 256 g/mol. The van der Waals surface area contributed by atoms with Gasteiger partial charge in [-0.15, -0.1) is 0 Å². The normalized spacial score (nSPS) is 12.4. The molecule has 0 unspecified atom stereocenters. The van der Waals surface area contributed by atoms with Gasteiger partial charge in [-0.2, -0.15) is 5.26 Å². The van der Waals surface area contributed by atoms with Crippen molar-refractivity contribution < 1.29 is 19.4 Å². The number of hydrogen-bond donors (Lipinski definition) is 1. The summed E-state index contributed by atoms with van der Waals surface area (Å²) in [5.74, 6) is -1.49. The van der Waals surface area contributed by atoms with E-state index in [9.17, 15) is 14.7 Å². The van der Waals surface area contributed by atoms with Gasteiger partial charge >= 0.3 is 5.97 Å². The molecule has 0 aromatic heterocycles. The second-order valence-electron chi connectivity index (χ2n) is 5.13. The SMILES string of the molecule is COC(=O)[C@H](O)N(CCC(C)(C)C)C(=O)CC#N. The summed E-state index contributed by atoms with van der Waals surface area (Å²) in [5.41, 5.74) is -0.0546. The first kappa shape index (κ1) is 16.4. The van der Waals surface area contributed by atoms with E-state index in [0.29, 0.717) is 6.42 Å². The fourth-order valence-electron chi connectivity index (χ4n) is 1.24. The molecule has 0 heterocycles. The van der Waals surface area contributed by atoms with Crippen LogP contribution in [0, 0.1) is 16.7 Å². The molecule has 0 aliphatic heterocycles. The highest BCUT2D eigenvalue weighted by atomic mass is 16.5.